The van der Waals surface area contributed by atoms with Gasteiger partial charge >= 0.3 is 0 Å². The van der Waals surface area contributed by atoms with E-state index in [1.807, 2.05) is 6.07 Å². The maximum atomic E-state index is 4.23. The second-order valence-electron chi connectivity index (χ2n) is 2.35. The number of pyridine rings is 1. The van der Waals surface area contributed by atoms with Crippen molar-refractivity contribution in [3.8, 4) is 11.5 Å². The van der Waals surface area contributed by atoms with E-state index in [-0.39, 0.29) is 0 Å². The van der Waals surface area contributed by atoms with Crippen LogP contribution in [0.1, 0.15) is 0 Å². The van der Waals surface area contributed by atoms with Gasteiger partial charge in [-0.25, -0.2) is 4.98 Å². The minimum atomic E-state index is 0.626. The maximum Gasteiger partial charge on any atom is 0.193 e. The highest BCUT2D eigenvalue weighted by molar-refractivity contribution is 9.11. The molecule has 0 spiro atoms. The molecule has 0 bridgehead atoms. The Morgan fingerprint density at radius 3 is 2.57 bits per heavy atom. The van der Waals surface area contributed by atoms with Crippen LogP contribution in [0.3, 0.4) is 0 Å². The van der Waals surface area contributed by atoms with E-state index in [0.29, 0.717) is 5.82 Å². The fourth-order valence-electron chi connectivity index (χ4n) is 0.880. The van der Waals surface area contributed by atoms with Gasteiger partial charge in [0.2, 0.25) is 0 Å². The van der Waals surface area contributed by atoms with E-state index in [2.05, 4.69) is 62.1 Å². The summed E-state index contributed by atoms with van der Waals surface area (Å²) in [5, 5.41) is 0. The van der Waals surface area contributed by atoms with Crippen LogP contribution < -0.4 is 0 Å². The second-order valence-corrected chi connectivity index (χ2v) is 6.15. The molecule has 14 heavy (non-hydrogen) atoms. The van der Waals surface area contributed by atoms with E-state index < -0.39 is 0 Å². The van der Waals surface area contributed by atoms with Crippen LogP contribution in [0.15, 0.2) is 25.1 Å². The van der Waals surface area contributed by atoms with Gasteiger partial charge in [0.15, 0.2) is 9.74 Å². The van der Waals surface area contributed by atoms with Crippen molar-refractivity contribution in [2.75, 3.05) is 0 Å². The van der Waals surface area contributed by atoms with Crippen molar-refractivity contribution in [1.82, 2.24) is 14.3 Å². The molecule has 7 heteroatoms. The minimum absolute atomic E-state index is 0.626. The molecule has 0 amide bonds. The first kappa shape index (κ1) is 10.7. The zero-order valence-corrected chi connectivity index (χ0v) is 12.1. The summed E-state index contributed by atoms with van der Waals surface area (Å²) in [6, 6.07) is 1.91. The fourth-order valence-corrected chi connectivity index (χ4v) is 2.85. The van der Waals surface area contributed by atoms with Crippen molar-refractivity contribution in [1.29, 1.82) is 0 Å². The maximum absolute atomic E-state index is 4.23. The van der Waals surface area contributed by atoms with Gasteiger partial charge in [0.1, 0.15) is 5.69 Å². The third kappa shape index (κ3) is 2.21. The summed E-state index contributed by atoms with van der Waals surface area (Å²) in [5.41, 5.74) is 0.746. The van der Waals surface area contributed by atoms with Crippen LogP contribution >= 0.6 is 59.3 Å². The highest BCUT2D eigenvalue weighted by Crippen LogP contribution is 2.28. The highest BCUT2D eigenvalue weighted by atomic mass is 79.9. The zero-order valence-electron chi connectivity index (χ0n) is 6.54. The summed E-state index contributed by atoms with van der Waals surface area (Å²) in [7, 11) is 0. The van der Waals surface area contributed by atoms with E-state index >= 15 is 0 Å². The average Bonchev–Trinajstić information content (AvgIpc) is 2.51. The Hall–Kier alpha value is 0.150. The van der Waals surface area contributed by atoms with Crippen LogP contribution in [0.4, 0.5) is 0 Å². The topological polar surface area (TPSA) is 38.7 Å². The number of nitrogens with zero attached hydrogens (tertiary/aromatic N) is 3. The van der Waals surface area contributed by atoms with Crippen LogP contribution in [0.5, 0.6) is 0 Å². The molecular weight excluding hydrogens is 398 g/mol. The van der Waals surface area contributed by atoms with Crippen LogP contribution in [0, 0.1) is 0 Å². The third-order valence-corrected chi connectivity index (χ3v) is 3.58. The molecule has 0 aliphatic carbocycles. The minimum Gasteiger partial charge on any atom is -0.250 e. The standard InChI is InChI=1S/C7H2Br3N3S/c8-3-1-4(9)5(11-2-3)6-12-7(10)14-13-6/h1-2H. The van der Waals surface area contributed by atoms with Gasteiger partial charge in [-0.3, -0.25) is 4.98 Å². The SMILES string of the molecule is Brc1cnc(-c2nsc(Br)n2)c(Br)c1. The molecule has 0 saturated heterocycles. The highest BCUT2D eigenvalue weighted by Gasteiger charge is 2.10. The Morgan fingerprint density at radius 2 is 2.00 bits per heavy atom. The monoisotopic (exact) mass is 397 g/mol. The molecule has 0 fully saturated rings. The van der Waals surface area contributed by atoms with Crippen molar-refractivity contribution in [2.45, 2.75) is 0 Å². The third-order valence-electron chi connectivity index (χ3n) is 1.42. The van der Waals surface area contributed by atoms with Crippen molar-refractivity contribution < 1.29 is 0 Å². The Morgan fingerprint density at radius 1 is 1.21 bits per heavy atom. The van der Waals surface area contributed by atoms with Crippen LogP contribution in [0.25, 0.3) is 11.5 Å². The molecular formula is C7H2Br3N3S. The lowest BCUT2D eigenvalue weighted by atomic mass is 10.3. The molecule has 0 unspecified atom stereocenters. The average molecular weight is 400 g/mol. The van der Waals surface area contributed by atoms with Crippen molar-refractivity contribution in [2.24, 2.45) is 0 Å². The van der Waals surface area contributed by atoms with Gasteiger partial charge in [0, 0.05) is 15.1 Å². The van der Waals surface area contributed by atoms with Crippen molar-refractivity contribution in [3.05, 3.63) is 25.1 Å². The van der Waals surface area contributed by atoms with E-state index in [4.69, 9.17) is 0 Å². The van der Waals surface area contributed by atoms with E-state index in [1.165, 1.54) is 11.5 Å². The molecule has 72 valence electrons. The normalized spacial score (nSPS) is 10.5. The summed E-state index contributed by atoms with van der Waals surface area (Å²) in [6.07, 6.45) is 1.72. The first-order valence-corrected chi connectivity index (χ1v) is 6.62. The molecule has 0 radical (unpaired) electrons. The summed E-state index contributed by atoms with van der Waals surface area (Å²) < 4.78 is 6.70. The Labute approximate surface area is 110 Å². The first-order valence-electron chi connectivity index (χ1n) is 3.47. The van der Waals surface area contributed by atoms with Gasteiger partial charge in [-0.2, -0.15) is 4.37 Å². The molecule has 2 heterocycles. The van der Waals surface area contributed by atoms with Crippen LogP contribution in [-0.2, 0) is 0 Å². The van der Waals surface area contributed by atoms with Gasteiger partial charge < -0.3 is 0 Å². The van der Waals surface area contributed by atoms with Crippen LogP contribution in [-0.4, -0.2) is 14.3 Å². The summed E-state index contributed by atoms with van der Waals surface area (Å²) in [5.74, 6) is 0.626. The molecule has 3 nitrogen and oxygen atoms in total. The molecule has 0 aromatic carbocycles. The summed E-state index contributed by atoms with van der Waals surface area (Å²) in [4.78, 5) is 8.42. The van der Waals surface area contributed by atoms with Crippen LogP contribution in [0.2, 0.25) is 0 Å². The lowest BCUT2D eigenvalue weighted by Gasteiger charge is -1.98. The molecule has 2 rings (SSSR count). The molecule has 2 aromatic heterocycles. The lowest BCUT2D eigenvalue weighted by Crippen LogP contribution is -1.87. The Balaban J connectivity index is 2.52. The van der Waals surface area contributed by atoms with E-state index in [9.17, 15) is 0 Å². The Kier molecular flexibility index (Phi) is 3.30. The molecule has 0 aliphatic heterocycles. The van der Waals surface area contributed by atoms with E-state index in [0.717, 1.165) is 18.6 Å². The quantitative estimate of drug-likeness (QED) is 0.730. The predicted octanol–water partition coefficient (Wildman–Crippen LogP) is 3.89. The Bertz CT molecular complexity index is 471. The number of aromatic nitrogens is 3. The fraction of sp³-hybridized carbons (Fsp3) is 0. The second kappa shape index (κ2) is 4.34. The molecule has 2 aromatic rings. The van der Waals surface area contributed by atoms with Gasteiger partial charge in [-0.05, 0) is 65.4 Å². The number of rotatable bonds is 1. The zero-order chi connectivity index (χ0) is 10.1. The number of hydrogen-bond acceptors (Lipinski definition) is 4. The molecule has 0 saturated carbocycles. The first-order chi connectivity index (χ1) is 6.66. The summed E-state index contributed by atoms with van der Waals surface area (Å²) >= 11 is 11.3. The number of halogens is 3. The van der Waals surface area contributed by atoms with Gasteiger partial charge in [0.05, 0.1) is 0 Å². The number of hydrogen-bond donors (Lipinski definition) is 0. The molecule has 0 atom stereocenters. The van der Waals surface area contributed by atoms with E-state index in [1.54, 1.807) is 6.20 Å². The molecule has 0 N–H and O–H groups in total. The van der Waals surface area contributed by atoms with Gasteiger partial charge in [-0.1, -0.05) is 0 Å². The van der Waals surface area contributed by atoms with Crippen molar-refractivity contribution >= 4 is 59.3 Å². The largest absolute Gasteiger partial charge is 0.250 e. The molecule has 0 aliphatic rings. The van der Waals surface area contributed by atoms with Crippen molar-refractivity contribution in [3.63, 3.8) is 0 Å². The predicted molar refractivity (Wildman–Crippen MR) is 66.2 cm³/mol. The smallest absolute Gasteiger partial charge is 0.193 e. The van der Waals surface area contributed by atoms with Gasteiger partial charge in [-0.15, -0.1) is 0 Å². The summed E-state index contributed by atoms with van der Waals surface area (Å²) in [6.45, 7) is 0. The lowest BCUT2D eigenvalue weighted by molar-refractivity contribution is 1.20. The van der Waals surface area contributed by atoms with Gasteiger partial charge in [0.25, 0.3) is 0 Å².